The van der Waals surface area contributed by atoms with Gasteiger partial charge in [-0.15, -0.1) is 0 Å². The largest absolute Gasteiger partial charge is 0.349 e. The number of rotatable bonds is 7. The Bertz CT molecular complexity index is 721. The third-order valence-electron chi connectivity index (χ3n) is 3.82. The zero-order valence-corrected chi connectivity index (χ0v) is 14.9. The van der Waals surface area contributed by atoms with Crippen molar-refractivity contribution in [3.63, 3.8) is 0 Å². The molecule has 1 N–H and O–H groups in total. The summed E-state index contributed by atoms with van der Waals surface area (Å²) in [6.45, 7) is 7.39. The molecule has 0 aromatic carbocycles. The molecule has 0 aliphatic carbocycles. The smallest absolute Gasteiger partial charge is 0.287 e. The van der Waals surface area contributed by atoms with E-state index >= 15 is 0 Å². The van der Waals surface area contributed by atoms with Gasteiger partial charge in [0.2, 0.25) is 5.82 Å². The number of fused-ring (bicyclic) bond motifs is 1. The van der Waals surface area contributed by atoms with E-state index in [0.29, 0.717) is 30.2 Å². The third-order valence-corrected chi connectivity index (χ3v) is 3.82. The number of imidazole rings is 1. The Morgan fingerprint density at radius 1 is 1.33 bits per heavy atom. The highest BCUT2D eigenvalue weighted by atomic mass is 16.2. The Hall–Kier alpha value is -2.37. The molecule has 0 unspecified atom stereocenters. The zero-order chi connectivity index (χ0) is 17.7. The van der Waals surface area contributed by atoms with Crippen molar-refractivity contribution in [2.24, 2.45) is 5.92 Å². The first-order chi connectivity index (χ1) is 11.5. The SMILES string of the molecule is CCCCN(C)C(=O)c1nc(C(=O)NCC(C)C)n2ccccc12. The van der Waals surface area contributed by atoms with E-state index in [-0.39, 0.29) is 17.6 Å². The van der Waals surface area contributed by atoms with Gasteiger partial charge in [0.25, 0.3) is 11.8 Å². The van der Waals surface area contributed by atoms with E-state index in [1.807, 2.05) is 32.0 Å². The fourth-order valence-electron chi connectivity index (χ4n) is 2.41. The summed E-state index contributed by atoms with van der Waals surface area (Å²) in [5, 5.41) is 2.86. The fourth-order valence-corrected chi connectivity index (χ4v) is 2.41. The van der Waals surface area contributed by atoms with Crippen LogP contribution < -0.4 is 5.32 Å². The maximum absolute atomic E-state index is 12.7. The average molecular weight is 330 g/mol. The molecule has 0 aliphatic heterocycles. The molecule has 6 nitrogen and oxygen atoms in total. The van der Waals surface area contributed by atoms with Crippen molar-refractivity contribution in [3.8, 4) is 0 Å². The van der Waals surface area contributed by atoms with E-state index in [9.17, 15) is 9.59 Å². The van der Waals surface area contributed by atoms with Crippen molar-refractivity contribution in [2.75, 3.05) is 20.1 Å². The molecule has 2 heterocycles. The van der Waals surface area contributed by atoms with Crippen LogP contribution in [0.5, 0.6) is 0 Å². The maximum Gasteiger partial charge on any atom is 0.287 e. The highest BCUT2D eigenvalue weighted by Crippen LogP contribution is 2.15. The van der Waals surface area contributed by atoms with Crippen molar-refractivity contribution in [1.82, 2.24) is 19.6 Å². The number of hydrogen-bond donors (Lipinski definition) is 1. The predicted octanol–water partition coefficient (Wildman–Crippen LogP) is 2.59. The first-order valence-corrected chi connectivity index (χ1v) is 8.46. The standard InChI is InChI=1S/C18H26N4O2/c1-5-6-10-21(4)18(24)15-14-9-7-8-11-22(14)16(20-15)17(23)19-12-13(2)3/h7-9,11,13H,5-6,10,12H2,1-4H3,(H,19,23). The molecule has 0 fully saturated rings. The Morgan fingerprint density at radius 2 is 2.08 bits per heavy atom. The minimum atomic E-state index is -0.264. The molecule has 130 valence electrons. The van der Waals surface area contributed by atoms with Crippen LogP contribution in [0.2, 0.25) is 0 Å². The molecule has 6 heteroatoms. The van der Waals surface area contributed by atoms with E-state index in [1.54, 1.807) is 22.5 Å². The van der Waals surface area contributed by atoms with Crippen molar-refractivity contribution in [3.05, 3.63) is 35.9 Å². The number of aromatic nitrogens is 2. The number of pyridine rings is 1. The first-order valence-electron chi connectivity index (χ1n) is 8.46. The van der Waals surface area contributed by atoms with Crippen LogP contribution in [-0.4, -0.2) is 46.2 Å². The summed E-state index contributed by atoms with van der Waals surface area (Å²) in [6.07, 6.45) is 3.72. The number of carbonyl (C=O) groups excluding carboxylic acids is 2. The van der Waals surface area contributed by atoms with Crippen LogP contribution in [0.15, 0.2) is 24.4 Å². The lowest BCUT2D eigenvalue weighted by Gasteiger charge is -2.15. The van der Waals surface area contributed by atoms with E-state index in [1.165, 1.54) is 0 Å². The van der Waals surface area contributed by atoms with Crippen molar-refractivity contribution in [1.29, 1.82) is 0 Å². The number of amides is 2. The number of nitrogens with one attached hydrogen (secondary N) is 1. The second-order valence-corrected chi connectivity index (χ2v) is 6.42. The molecule has 2 aromatic rings. The van der Waals surface area contributed by atoms with Crippen LogP contribution in [0.25, 0.3) is 5.52 Å². The molecule has 0 saturated carbocycles. The molecule has 0 saturated heterocycles. The van der Waals surface area contributed by atoms with E-state index < -0.39 is 0 Å². The topological polar surface area (TPSA) is 66.7 Å². The Morgan fingerprint density at radius 3 is 2.75 bits per heavy atom. The van der Waals surface area contributed by atoms with Gasteiger partial charge in [0, 0.05) is 26.3 Å². The number of nitrogens with zero attached hydrogens (tertiary/aromatic N) is 3. The van der Waals surface area contributed by atoms with Crippen molar-refractivity contribution >= 4 is 17.3 Å². The second-order valence-electron chi connectivity index (χ2n) is 6.42. The lowest BCUT2D eigenvalue weighted by atomic mass is 10.2. The van der Waals surface area contributed by atoms with Crippen LogP contribution in [0, 0.1) is 5.92 Å². The minimum absolute atomic E-state index is 0.157. The normalized spacial score (nSPS) is 11.0. The van der Waals surface area contributed by atoms with Gasteiger partial charge in [-0.1, -0.05) is 33.3 Å². The summed E-state index contributed by atoms with van der Waals surface area (Å²) in [5.74, 6) is 0.176. The lowest BCUT2D eigenvalue weighted by Crippen LogP contribution is -2.30. The molecule has 24 heavy (non-hydrogen) atoms. The Labute approximate surface area is 142 Å². The van der Waals surface area contributed by atoms with E-state index in [0.717, 1.165) is 12.8 Å². The number of carbonyl (C=O) groups is 2. The van der Waals surface area contributed by atoms with Gasteiger partial charge in [0.05, 0.1) is 5.52 Å². The summed E-state index contributed by atoms with van der Waals surface area (Å²) in [6, 6.07) is 5.48. The molecule has 2 aromatic heterocycles. The van der Waals surface area contributed by atoms with Gasteiger partial charge in [-0.05, 0) is 24.5 Å². The predicted molar refractivity (Wildman–Crippen MR) is 94.2 cm³/mol. The molecule has 0 spiro atoms. The van der Waals surface area contributed by atoms with Gasteiger partial charge < -0.3 is 10.2 Å². The average Bonchev–Trinajstić information content (AvgIpc) is 2.96. The monoisotopic (exact) mass is 330 g/mol. The van der Waals surface area contributed by atoms with E-state index in [2.05, 4.69) is 17.2 Å². The summed E-state index contributed by atoms with van der Waals surface area (Å²) < 4.78 is 1.68. The van der Waals surface area contributed by atoms with Gasteiger partial charge in [-0.2, -0.15) is 0 Å². The third kappa shape index (κ3) is 3.93. The van der Waals surface area contributed by atoms with Crippen molar-refractivity contribution < 1.29 is 9.59 Å². The highest BCUT2D eigenvalue weighted by molar-refractivity contribution is 6.02. The lowest BCUT2D eigenvalue weighted by molar-refractivity contribution is 0.0790. The first kappa shape index (κ1) is 18.0. The summed E-state index contributed by atoms with van der Waals surface area (Å²) in [4.78, 5) is 31.1. The van der Waals surface area contributed by atoms with Crippen LogP contribution in [0.1, 0.15) is 54.7 Å². The quantitative estimate of drug-likeness (QED) is 0.848. The summed E-state index contributed by atoms with van der Waals surface area (Å²) in [5.41, 5.74) is 0.976. The summed E-state index contributed by atoms with van der Waals surface area (Å²) in [7, 11) is 1.77. The molecule has 0 atom stereocenters. The number of unbranched alkanes of at least 4 members (excludes halogenated alkanes) is 1. The second kappa shape index (κ2) is 7.95. The molecule has 0 bridgehead atoms. The zero-order valence-electron chi connectivity index (χ0n) is 14.9. The molecule has 0 aliphatic rings. The molecule has 2 rings (SSSR count). The van der Waals surface area contributed by atoms with Crippen LogP contribution in [0.3, 0.4) is 0 Å². The van der Waals surface area contributed by atoms with E-state index in [4.69, 9.17) is 0 Å². The van der Waals surface area contributed by atoms with Crippen LogP contribution >= 0.6 is 0 Å². The van der Waals surface area contributed by atoms with Crippen LogP contribution in [0.4, 0.5) is 0 Å². The fraction of sp³-hybridized carbons (Fsp3) is 0.500. The Balaban J connectivity index is 2.35. The molecule has 2 amide bonds. The molecule has 0 radical (unpaired) electrons. The highest BCUT2D eigenvalue weighted by Gasteiger charge is 2.23. The molecular weight excluding hydrogens is 304 g/mol. The van der Waals surface area contributed by atoms with Gasteiger partial charge in [-0.3, -0.25) is 14.0 Å². The minimum Gasteiger partial charge on any atom is -0.349 e. The Kier molecular flexibility index (Phi) is 5.95. The van der Waals surface area contributed by atoms with Crippen molar-refractivity contribution in [2.45, 2.75) is 33.6 Å². The van der Waals surface area contributed by atoms with Gasteiger partial charge in [0.15, 0.2) is 5.69 Å². The van der Waals surface area contributed by atoms with Gasteiger partial charge >= 0.3 is 0 Å². The van der Waals surface area contributed by atoms with Gasteiger partial charge in [-0.25, -0.2) is 4.98 Å². The molecular formula is C18H26N4O2. The van der Waals surface area contributed by atoms with Gasteiger partial charge in [0.1, 0.15) is 0 Å². The van der Waals surface area contributed by atoms with Crippen LogP contribution in [-0.2, 0) is 0 Å². The number of hydrogen-bond acceptors (Lipinski definition) is 3. The summed E-state index contributed by atoms with van der Waals surface area (Å²) >= 11 is 0. The maximum atomic E-state index is 12.7.